The number of hydrogen-bond acceptors (Lipinski definition) is 4. The number of carbonyl (C=O) groups excluding carboxylic acids is 1. The summed E-state index contributed by atoms with van der Waals surface area (Å²) >= 11 is 0. The molecular formula is C17H18FNO4. The summed E-state index contributed by atoms with van der Waals surface area (Å²) in [5.74, 6) is 0.321. The summed E-state index contributed by atoms with van der Waals surface area (Å²) < 4.78 is 29.0. The summed E-state index contributed by atoms with van der Waals surface area (Å²) in [6.07, 6.45) is 0. The van der Waals surface area contributed by atoms with Gasteiger partial charge in [-0.2, -0.15) is 0 Å². The Hall–Kier alpha value is -2.76. The van der Waals surface area contributed by atoms with Crippen molar-refractivity contribution in [2.45, 2.75) is 6.54 Å². The highest BCUT2D eigenvalue weighted by atomic mass is 19.1. The molecule has 0 aliphatic carbocycles. The van der Waals surface area contributed by atoms with Crippen LogP contribution in [0.4, 0.5) is 4.39 Å². The lowest BCUT2D eigenvalue weighted by Crippen LogP contribution is -2.28. The van der Waals surface area contributed by atoms with Crippen molar-refractivity contribution in [3.8, 4) is 17.2 Å². The van der Waals surface area contributed by atoms with Crippen LogP contribution in [0.1, 0.15) is 5.56 Å². The Kier molecular flexibility index (Phi) is 5.80. The highest BCUT2D eigenvalue weighted by molar-refractivity contribution is 5.77. The number of para-hydroxylation sites is 2. The number of benzene rings is 2. The van der Waals surface area contributed by atoms with Crippen molar-refractivity contribution >= 4 is 5.91 Å². The lowest BCUT2D eigenvalue weighted by Gasteiger charge is -2.13. The number of ether oxygens (including phenoxy) is 3. The minimum Gasteiger partial charge on any atom is -0.493 e. The number of rotatable bonds is 7. The van der Waals surface area contributed by atoms with E-state index in [4.69, 9.17) is 14.2 Å². The number of methoxy groups -OCH3 is 2. The van der Waals surface area contributed by atoms with Crippen molar-refractivity contribution in [1.29, 1.82) is 0 Å². The Morgan fingerprint density at radius 1 is 1.04 bits per heavy atom. The number of carbonyl (C=O) groups is 1. The van der Waals surface area contributed by atoms with Gasteiger partial charge in [-0.25, -0.2) is 4.39 Å². The lowest BCUT2D eigenvalue weighted by molar-refractivity contribution is -0.123. The first-order valence-corrected chi connectivity index (χ1v) is 6.99. The molecule has 0 fully saturated rings. The molecule has 0 heterocycles. The predicted molar refractivity (Wildman–Crippen MR) is 83.3 cm³/mol. The smallest absolute Gasteiger partial charge is 0.258 e. The normalized spacial score (nSPS) is 10.0. The number of amides is 1. The molecule has 0 saturated heterocycles. The average Bonchev–Trinajstić information content (AvgIpc) is 2.58. The van der Waals surface area contributed by atoms with Crippen LogP contribution in [0.3, 0.4) is 0 Å². The van der Waals surface area contributed by atoms with Crippen LogP contribution in [0.25, 0.3) is 0 Å². The monoisotopic (exact) mass is 319 g/mol. The predicted octanol–water partition coefficient (Wildman–Crippen LogP) is 2.54. The molecule has 122 valence electrons. The van der Waals surface area contributed by atoms with Crippen molar-refractivity contribution < 1.29 is 23.4 Å². The third-order valence-corrected chi connectivity index (χ3v) is 3.16. The van der Waals surface area contributed by atoms with Crippen molar-refractivity contribution in [2.24, 2.45) is 0 Å². The van der Waals surface area contributed by atoms with Crippen molar-refractivity contribution in [2.75, 3.05) is 20.8 Å². The Balaban J connectivity index is 1.91. The van der Waals surface area contributed by atoms with E-state index in [1.807, 2.05) is 6.07 Å². The van der Waals surface area contributed by atoms with Crippen LogP contribution in [-0.2, 0) is 11.3 Å². The van der Waals surface area contributed by atoms with Gasteiger partial charge in [0.1, 0.15) is 0 Å². The van der Waals surface area contributed by atoms with Crippen LogP contribution in [0.5, 0.6) is 17.2 Å². The van der Waals surface area contributed by atoms with Gasteiger partial charge in [-0.3, -0.25) is 4.79 Å². The van der Waals surface area contributed by atoms with E-state index in [-0.39, 0.29) is 24.8 Å². The second-order valence-electron chi connectivity index (χ2n) is 4.65. The molecule has 0 spiro atoms. The summed E-state index contributed by atoms with van der Waals surface area (Å²) in [7, 11) is 3.08. The maximum atomic E-state index is 13.4. The maximum Gasteiger partial charge on any atom is 0.258 e. The van der Waals surface area contributed by atoms with Crippen molar-refractivity contribution in [1.82, 2.24) is 5.32 Å². The second kappa shape index (κ2) is 8.03. The summed E-state index contributed by atoms with van der Waals surface area (Å²) in [5, 5.41) is 2.69. The molecule has 0 aromatic heterocycles. The molecule has 0 aliphatic rings. The molecule has 2 rings (SSSR count). The molecule has 0 radical (unpaired) electrons. The van der Waals surface area contributed by atoms with Crippen LogP contribution < -0.4 is 19.5 Å². The van der Waals surface area contributed by atoms with E-state index in [9.17, 15) is 9.18 Å². The Labute approximate surface area is 134 Å². The minimum atomic E-state index is -0.505. The zero-order valence-corrected chi connectivity index (χ0v) is 13.0. The van der Waals surface area contributed by atoms with E-state index in [1.165, 1.54) is 19.2 Å². The van der Waals surface area contributed by atoms with Crippen molar-refractivity contribution in [3.63, 3.8) is 0 Å². The quantitative estimate of drug-likeness (QED) is 0.852. The van der Waals surface area contributed by atoms with Gasteiger partial charge in [0, 0.05) is 12.1 Å². The average molecular weight is 319 g/mol. The molecule has 5 nitrogen and oxygen atoms in total. The van der Waals surface area contributed by atoms with Gasteiger partial charge in [0.25, 0.3) is 5.91 Å². The summed E-state index contributed by atoms with van der Waals surface area (Å²) in [6, 6.07) is 11.3. The number of halogens is 1. The summed E-state index contributed by atoms with van der Waals surface area (Å²) in [5.41, 5.74) is 0.770. The van der Waals surface area contributed by atoms with Crippen LogP contribution in [0, 0.1) is 5.82 Å². The molecular weight excluding hydrogens is 301 g/mol. The molecule has 2 aromatic rings. The van der Waals surface area contributed by atoms with Crippen LogP contribution in [0.2, 0.25) is 0 Å². The maximum absolute atomic E-state index is 13.4. The summed E-state index contributed by atoms with van der Waals surface area (Å²) in [4.78, 5) is 11.8. The molecule has 0 atom stereocenters. The molecule has 1 amide bonds. The van der Waals surface area contributed by atoms with E-state index in [1.54, 1.807) is 31.4 Å². The molecule has 0 aliphatic heterocycles. The first-order chi connectivity index (χ1) is 11.2. The van der Waals surface area contributed by atoms with Gasteiger partial charge in [-0.1, -0.05) is 24.3 Å². The van der Waals surface area contributed by atoms with Crippen LogP contribution >= 0.6 is 0 Å². The lowest BCUT2D eigenvalue weighted by atomic mass is 10.2. The van der Waals surface area contributed by atoms with Gasteiger partial charge < -0.3 is 19.5 Å². The molecule has 0 saturated carbocycles. The molecule has 0 unspecified atom stereocenters. The zero-order valence-electron chi connectivity index (χ0n) is 13.0. The third-order valence-electron chi connectivity index (χ3n) is 3.16. The fraction of sp³-hybridized carbons (Fsp3) is 0.235. The van der Waals surface area contributed by atoms with E-state index >= 15 is 0 Å². The van der Waals surface area contributed by atoms with E-state index in [2.05, 4.69) is 5.32 Å². The van der Waals surface area contributed by atoms with Gasteiger partial charge in [-0.15, -0.1) is 0 Å². The number of nitrogens with one attached hydrogen (secondary N) is 1. The van der Waals surface area contributed by atoms with Gasteiger partial charge >= 0.3 is 0 Å². The molecule has 2 aromatic carbocycles. The molecule has 0 bridgehead atoms. The van der Waals surface area contributed by atoms with E-state index < -0.39 is 5.82 Å². The first-order valence-electron chi connectivity index (χ1n) is 6.99. The third kappa shape index (κ3) is 4.35. The fourth-order valence-corrected chi connectivity index (χ4v) is 2.04. The van der Waals surface area contributed by atoms with Gasteiger partial charge in [0.15, 0.2) is 29.7 Å². The Morgan fingerprint density at radius 2 is 1.78 bits per heavy atom. The van der Waals surface area contributed by atoms with Gasteiger partial charge in [0.2, 0.25) is 0 Å². The van der Waals surface area contributed by atoms with E-state index in [0.29, 0.717) is 11.5 Å². The molecule has 23 heavy (non-hydrogen) atoms. The molecule has 6 heteroatoms. The SMILES string of the molecule is COc1cccc(CNC(=O)COc2ccccc2F)c1OC. The zero-order chi connectivity index (χ0) is 16.7. The number of hydrogen-bond donors (Lipinski definition) is 1. The van der Waals surface area contributed by atoms with Gasteiger partial charge in [0.05, 0.1) is 14.2 Å². The Bertz CT molecular complexity index is 675. The van der Waals surface area contributed by atoms with Crippen LogP contribution in [0.15, 0.2) is 42.5 Å². The van der Waals surface area contributed by atoms with Gasteiger partial charge in [-0.05, 0) is 18.2 Å². The van der Waals surface area contributed by atoms with Crippen molar-refractivity contribution in [3.05, 3.63) is 53.8 Å². The topological polar surface area (TPSA) is 56.8 Å². The standard InChI is InChI=1S/C17H18FNO4/c1-21-15-9-5-6-12(17(15)22-2)10-19-16(20)11-23-14-8-4-3-7-13(14)18/h3-9H,10-11H2,1-2H3,(H,19,20). The second-order valence-corrected chi connectivity index (χ2v) is 4.65. The fourth-order valence-electron chi connectivity index (χ4n) is 2.04. The summed E-state index contributed by atoms with van der Waals surface area (Å²) in [6.45, 7) is -0.0208. The van der Waals surface area contributed by atoms with Crippen LogP contribution in [-0.4, -0.2) is 26.7 Å². The molecule has 1 N–H and O–H groups in total. The highest BCUT2D eigenvalue weighted by Gasteiger charge is 2.11. The highest BCUT2D eigenvalue weighted by Crippen LogP contribution is 2.30. The first kappa shape index (κ1) is 16.6. The van der Waals surface area contributed by atoms with E-state index in [0.717, 1.165) is 5.56 Å². The Morgan fingerprint density at radius 3 is 2.48 bits per heavy atom. The largest absolute Gasteiger partial charge is 0.493 e. The minimum absolute atomic E-state index is 0.0432.